The molecule has 0 aliphatic carbocycles. The number of likely N-dealkylation sites (tertiary alicyclic amines) is 1. The average molecular weight is 263 g/mol. The van der Waals surface area contributed by atoms with Gasteiger partial charge in [0.1, 0.15) is 5.75 Å². The third kappa shape index (κ3) is 3.71. The first-order chi connectivity index (χ1) is 9.24. The molecule has 1 heterocycles. The van der Waals surface area contributed by atoms with Crippen LogP contribution >= 0.6 is 0 Å². The lowest BCUT2D eigenvalue weighted by Gasteiger charge is -2.40. The molecule has 1 saturated heterocycles. The van der Waals surface area contributed by atoms with Crippen LogP contribution in [0.1, 0.15) is 31.7 Å². The van der Waals surface area contributed by atoms with Crippen LogP contribution in [0.3, 0.4) is 0 Å². The van der Waals surface area contributed by atoms with Gasteiger partial charge in [-0.25, -0.2) is 0 Å². The summed E-state index contributed by atoms with van der Waals surface area (Å²) in [5, 5.41) is 9.49. The van der Waals surface area contributed by atoms with Gasteiger partial charge in [0, 0.05) is 18.6 Å². The maximum atomic E-state index is 9.49. The first kappa shape index (κ1) is 14.4. The number of piperidine rings is 1. The molecule has 1 aliphatic rings. The van der Waals surface area contributed by atoms with E-state index in [0.29, 0.717) is 12.1 Å². The third-order valence-electron chi connectivity index (χ3n) is 4.22. The van der Waals surface area contributed by atoms with E-state index in [0.717, 1.165) is 25.1 Å². The van der Waals surface area contributed by atoms with Crippen LogP contribution in [0.25, 0.3) is 0 Å². The van der Waals surface area contributed by atoms with Gasteiger partial charge in [-0.2, -0.15) is 0 Å². The summed E-state index contributed by atoms with van der Waals surface area (Å²) in [7, 11) is 1.69. The molecule has 3 heteroatoms. The van der Waals surface area contributed by atoms with Crippen LogP contribution in [-0.2, 0) is 6.42 Å². The molecule has 3 nitrogen and oxygen atoms in total. The Hall–Kier alpha value is -1.06. The van der Waals surface area contributed by atoms with E-state index in [1.807, 2.05) is 12.1 Å². The van der Waals surface area contributed by atoms with E-state index in [-0.39, 0.29) is 6.61 Å². The van der Waals surface area contributed by atoms with Crippen molar-refractivity contribution in [1.82, 2.24) is 4.90 Å². The van der Waals surface area contributed by atoms with Crippen LogP contribution in [0.5, 0.6) is 5.75 Å². The first-order valence-corrected chi connectivity index (χ1v) is 7.24. The summed E-state index contributed by atoms with van der Waals surface area (Å²) < 4.78 is 5.17. The highest BCUT2D eigenvalue weighted by Gasteiger charge is 2.26. The van der Waals surface area contributed by atoms with Gasteiger partial charge in [-0.1, -0.05) is 18.6 Å². The van der Waals surface area contributed by atoms with Crippen molar-refractivity contribution in [3.63, 3.8) is 0 Å². The average Bonchev–Trinajstić information content (AvgIpc) is 2.46. The van der Waals surface area contributed by atoms with Crippen LogP contribution in [0.2, 0.25) is 0 Å². The van der Waals surface area contributed by atoms with E-state index in [4.69, 9.17) is 4.74 Å². The van der Waals surface area contributed by atoms with Crippen molar-refractivity contribution >= 4 is 0 Å². The number of hydrogen-bond acceptors (Lipinski definition) is 3. The highest BCUT2D eigenvalue weighted by molar-refractivity contribution is 5.27. The lowest BCUT2D eigenvalue weighted by molar-refractivity contribution is 0.0529. The summed E-state index contributed by atoms with van der Waals surface area (Å²) in [5.41, 5.74) is 1.33. The Balaban J connectivity index is 1.91. The number of nitrogens with zero attached hydrogens (tertiary/aromatic N) is 1. The number of rotatable bonds is 5. The van der Waals surface area contributed by atoms with E-state index < -0.39 is 0 Å². The second-order valence-electron chi connectivity index (χ2n) is 5.45. The lowest BCUT2D eigenvalue weighted by Crippen LogP contribution is -2.47. The number of hydrogen-bond donors (Lipinski definition) is 1. The second-order valence-corrected chi connectivity index (χ2v) is 5.45. The fourth-order valence-electron chi connectivity index (χ4n) is 2.99. The number of ether oxygens (including phenoxy) is 1. The van der Waals surface area contributed by atoms with Gasteiger partial charge in [-0.05, 0) is 43.9 Å². The summed E-state index contributed by atoms with van der Waals surface area (Å²) in [5.74, 6) is 0.906. The normalized spacial score (nSPS) is 24.4. The van der Waals surface area contributed by atoms with Gasteiger partial charge >= 0.3 is 0 Å². The van der Waals surface area contributed by atoms with E-state index in [1.165, 1.54) is 18.4 Å². The maximum absolute atomic E-state index is 9.49. The monoisotopic (exact) mass is 263 g/mol. The highest BCUT2D eigenvalue weighted by atomic mass is 16.5. The van der Waals surface area contributed by atoms with Gasteiger partial charge in [0.15, 0.2) is 0 Å². The van der Waals surface area contributed by atoms with E-state index in [1.54, 1.807) is 7.11 Å². The number of benzene rings is 1. The smallest absolute Gasteiger partial charge is 0.118 e. The summed E-state index contributed by atoms with van der Waals surface area (Å²) >= 11 is 0. The van der Waals surface area contributed by atoms with Gasteiger partial charge in [-0.3, -0.25) is 4.90 Å². The summed E-state index contributed by atoms with van der Waals surface area (Å²) in [4.78, 5) is 2.47. The van der Waals surface area contributed by atoms with Crippen molar-refractivity contribution < 1.29 is 9.84 Å². The van der Waals surface area contributed by atoms with Crippen molar-refractivity contribution in [1.29, 1.82) is 0 Å². The number of aliphatic hydroxyl groups is 1. The zero-order valence-electron chi connectivity index (χ0n) is 12.0. The van der Waals surface area contributed by atoms with Crippen molar-refractivity contribution in [3.8, 4) is 5.75 Å². The Labute approximate surface area is 116 Å². The van der Waals surface area contributed by atoms with Gasteiger partial charge in [0.25, 0.3) is 0 Å². The molecule has 1 fully saturated rings. The largest absolute Gasteiger partial charge is 0.497 e. The first-order valence-electron chi connectivity index (χ1n) is 7.24. The molecule has 0 aromatic heterocycles. The lowest BCUT2D eigenvalue weighted by atomic mass is 9.96. The van der Waals surface area contributed by atoms with Gasteiger partial charge in [0.2, 0.25) is 0 Å². The fourth-order valence-corrected chi connectivity index (χ4v) is 2.99. The minimum Gasteiger partial charge on any atom is -0.497 e. The highest BCUT2D eigenvalue weighted by Crippen LogP contribution is 2.23. The Kier molecular flexibility index (Phi) is 5.23. The quantitative estimate of drug-likeness (QED) is 0.886. The van der Waals surface area contributed by atoms with Crippen LogP contribution in [0, 0.1) is 0 Å². The molecule has 1 N–H and O–H groups in total. The standard InChI is InChI=1S/C16H25NO2/c1-13-4-3-5-15(12-18)17(13)11-10-14-6-8-16(19-2)9-7-14/h6-9,13,15,18H,3-5,10-12H2,1-2H3. The third-order valence-corrected chi connectivity index (χ3v) is 4.22. The Bertz CT molecular complexity index is 377. The molecule has 1 aromatic rings. The molecule has 19 heavy (non-hydrogen) atoms. The summed E-state index contributed by atoms with van der Waals surface area (Å²) in [6.07, 6.45) is 4.65. The molecule has 0 bridgehead atoms. The van der Waals surface area contributed by atoms with Crippen molar-refractivity contribution in [2.45, 2.75) is 44.7 Å². The molecule has 2 rings (SSSR count). The maximum Gasteiger partial charge on any atom is 0.118 e. The van der Waals surface area contributed by atoms with Crippen molar-refractivity contribution in [2.24, 2.45) is 0 Å². The van der Waals surface area contributed by atoms with E-state index >= 15 is 0 Å². The molecule has 2 atom stereocenters. The molecule has 1 aliphatic heterocycles. The molecule has 0 saturated carbocycles. The molecule has 2 unspecified atom stereocenters. The minimum absolute atomic E-state index is 0.285. The molecule has 106 valence electrons. The van der Waals surface area contributed by atoms with Crippen LogP contribution in [0.4, 0.5) is 0 Å². The second kappa shape index (κ2) is 6.92. The minimum atomic E-state index is 0.285. The summed E-state index contributed by atoms with van der Waals surface area (Å²) in [6.45, 7) is 3.58. The van der Waals surface area contributed by atoms with Crippen LogP contribution in [0.15, 0.2) is 24.3 Å². The predicted molar refractivity (Wildman–Crippen MR) is 77.6 cm³/mol. The Morgan fingerprint density at radius 3 is 2.63 bits per heavy atom. The molecule has 1 aromatic carbocycles. The zero-order chi connectivity index (χ0) is 13.7. The molecule has 0 amide bonds. The van der Waals surface area contributed by atoms with Crippen LogP contribution < -0.4 is 4.74 Å². The van der Waals surface area contributed by atoms with Crippen LogP contribution in [-0.4, -0.2) is 42.4 Å². The molecular formula is C16H25NO2. The number of aliphatic hydroxyl groups excluding tert-OH is 1. The van der Waals surface area contributed by atoms with Gasteiger partial charge in [-0.15, -0.1) is 0 Å². The van der Waals surface area contributed by atoms with Crippen molar-refractivity contribution in [2.75, 3.05) is 20.3 Å². The predicted octanol–water partition coefficient (Wildman–Crippen LogP) is 2.47. The molecular weight excluding hydrogens is 238 g/mol. The Morgan fingerprint density at radius 1 is 1.26 bits per heavy atom. The van der Waals surface area contributed by atoms with Gasteiger partial charge < -0.3 is 9.84 Å². The fraction of sp³-hybridized carbons (Fsp3) is 0.625. The molecule has 0 spiro atoms. The van der Waals surface area contributed by atoms with Gasteiger partial charge in [0.05, 0.1) is 13.7 Å². The number of methoxy groups -OCH3 is 1. The van der Waals surface area contributed by atoms with E-state index in [9.17, 15) is 5.11 Å². The Morgan fingerprint density at radius 2 is 2.00 bits per heavy atom. The molecule has 0 radical (unpaired) electrons. The van der Waals surface area contributed by atoms with E-state index in [2.05, 4.69) is 24.0 Å². The topological polar surface area (TPSA) is 32.7 Å². The zero-order valence-corrected chi connectivity index (χ0v) is 12.0. The summed E-state index contributed by atoms with van der Waals surface area (Å²) in [6, 6.07) is 9.21. The SMILES string of the molecule is COc1ccc(CCN2C(C)CCCC2CO)cc1. The van der Waals surface area contributed by atoms with Crippen molar-refractivity contribution in [3.05, 3.63) is 29.8 Å².